The van der Waals surface area contributed by atoms with Gasteiger partial charge in [-0.3, -0.25) is 9.59 Å². The van der Waals surface area contributed by atoms with Gasteiger partial charge in [0.05, 0.1) is 17.5 Å². The van der Waals surface area contributed by atoms with Gasteiger partial charge in [-0.1, -0.05) is 117 Å². The minimum Gasteiger partial charge on any atom is -0.461 e. The van der Waals surface area contributed by atoms with Crippen LogP contribution < -0.4 is 5.32 Å². The Balaban J connectivity index is 1.36. The fourth-order valence-corrected chi connectivity index (χ4v) is 7.11. The Kier molecular flexibility index (Phi) is 11.3. The molecular weight excluding hydrogens is 621 g/mol. The highest BCUT2D eigenvalue weighted by Crippen LogP contribution is 2.41. The van der Waals surface area contributed by atoms with Crippen molar-refractivity contribution in [2.24, 2.45) is 5.92 Å². The lowest BCUT2D eigenvalue weighted by Gasteiger charge is -2.52. The molecule has 4 unspecified atom stereocenters. The van der Waals surface area contributed by atoms with Crippen LogP contribution in [0.5, 0.6) is 0 Å². The van der Waals surface area contributed by atoms with Crippen molar-refractivity contribution in [3.05, 3.63) is 119 Å². The van der Waals surface area contributed by atoms with Crippen LogP contribution in [0.2, 0.25) is 0 Å². The third kappa shape index (κ3) is 7.86. The van der Waals surface area contributed by atoms with E-state index in [0.717, 1.165) is 16.7 Å². The van der Waals surface area contributed by atoms with E-state index in [4.69, 9.17) is 21.7 Å². The monoisotopic (exact) mass is 658 g/mol. The second-order valence-electron chi connectivity index (χ2n) is 11.5. The number of benzene rings is 3. The topological polar surface area (TPSA) is 105 Å². The molecule has 2 N–H and O–H groups in total. The van der Waals surface area contributed by atoms with Crippen molar-refractivity contribution in [1.29, 1.82) is 0 Å². The summed E-state index contributed by atoms with van der Waals surface area (Å²) in [6.07, 6.45) is -0.293. The number of hydrogen-bond donors (Lipinski definition) is 2. The van der Waals surface area contributed by atoms with Gasteiger partial charge in [-0.05, 0) is 34.4 Å². The molecule has 1 fully saturated rings. The second kappa shape index (κ2) is 15.5. The number of thiocarbonyl (C=S) groups is 1. The van der Waals surface area contributed by atoms with Crippen molar-refractivity contribution >= 4 is 46.8 Å². The Hall–Kier alpha value is -3.99. The van der Waals surface area contributed by atoms with Crippen molar-refractivity contribution in [3.8, 4) is 0 Å². The van der Waals surface area contributed by atoms with Crippen LogP contribution in [0, 0.1) is 5.92 Å². The first kappa shape index (κ1) is 33.4. The summed E-state index contributed by atoms with van der Waals surface area (Å²) in [5.74, 6) is -1.69. The highest BCUT2D eigenvalue weighted by atomic mass is 32.2. The van der Waals surface area contributed by atoms with Crippen molar-refractivity contribution < 1.29 is 29.0 Å². The van der Waals surface area contributed by atoms with E-state index in [1.54, 1.807) is 12.3 Å². The van der Waals surface area contributed by atoms with E-state index in [-0.39, 0.29) is 24.9 Å². The average Bonchev–Trinajstić information content (AvgIpc) is 3.08. The molecule has 3 aromatic rings. The predicted octanol–water partition coefficient (Wildman–Crippen LogP) is 5.36. The van der Waals surface area contributed by atoms with Crippen LogP contribution in [0.4, 0.5) is 0 Å². The van der Waals surface area contributed by atoms with Gasteiger partial charge in [0.2, 0.25) is 5.91 Å². The number of aliphatic hydroxyl groups excluding tert-OH is 1. The molecule has 5 rings (SSSR count). The number of amides is 1. The van der Waals surface area contributed by atoms with Crippen LogP contribution in [0.15, 0.2) is 102 Å². The largest absolute Gasteiger partial charge is 0.461 e. The zero-order chi connectivity index (χ0) is 32.6. The summed E-state index contributed by atoms with van der Waals surface area (Å²) < 4.78 is 11.8. The Bertz CT molecular complexity index is 1510. The second-order valence-corrected chi connectivity index (χ2v) is 13.0. The molecule has 2 aliphatic heterocycles. The summed E-state index contributed by atoms with van der Waals surface area (Å²) in [6.45, 7) is 3.45. The normalized spacial score (nSPS) is 20.1. The highest BCUT2D eigenvalue weighted by molar-refractivity contribution is 8.03. The summed E-state index contributed by atoms with van der Waals surface area (Å²) >= 11 is 6.96. The number of esters is 2. The predicted molar refractivity (Wildman–Crippen MR) is 182 cm³/mol. The summed E-state index contributed by atoms with van der Waals surface area (Å²) in [6, 6.07) is 26.9. The third-order valence-corrected chi connectivity index (χ3v) is 9.70. The Labute approximate surface area is 279 Å². The van der Waals surface area contributed by atoms with Gasteiger partial charge in [0.1, 0.15) is 18.0 Å². The number of β-lactam (4-membered cyclic amide) rings is 1. The maximum absolute atomic E-state index is 14.1. The number of thioether (sulfide) groups is 1. The van der Waals surface area contributed by atoms with E-state index in [9.17, 15) is 19.5 Å². The highest BCUT2D eigenvalue weighted by Gasteiger charge is 2.56. The fourth-order valence-electron chi connectivity index (χ4n) is 5.61. The molecule has 1 saturated heterocycles. The molecule has 3 aromatic carbocycles. The van der Waals surface area contributed by atoms with Crippen molar-refractivity contribution in [1.82, 2.24) is 10.2 Å². The number of fused-ring (bicyclic) bond motifs is 1. The average molecular weight is 659 g/mol. The molecule has 8 nitrogen and oxygen atoms in total. The number of rotatable bonds is 13. The van der Waals surface area contributed by atoms with Crippen LogP contribution in [-0.4, -0.2) is 63.0 Å². The maximum Gasteiger partial charge on any atom is 0.334 e. The van der Waals surface area contributed by atoms with Crippen LogP contribution in [-0.2, 0) is 30.3 Å². The standard InChI is InChI=1S/C36H38N2O6S2/c1-3-28(39)23(2)19-30(40)43-21-27-22-46-35-31(37-29(45)20-24-13-7-4-8-14-24)34(41)38(35)32(27)36(42)44-33(25-15-9-5-10-16-25)26-17-11-6-12-18-26/h4-18,22-23,28,31-33,35,39H,3,19-21H2,1-2H3,(H,37,45)/t23?,28?,31?,32?,35-/m1/s1. The summed E-state index contributed by atoms with van der Waals surface area (Å²) in [5, 5.41) is 14.7. The number of carbonyl (C=O) groups is 3. The first-order valence-corrected chi connectivity index (χ1v) is 16.8. The van der Waals surface area contributed by atoms with Crippen LogP contribution in [0.1, 0.15) is 49.5 Å². The number of nitrogens with zero attached hydrogens (tertiary/aromatic N) is 1. The van der Waals surface area contributed by atoms with Gasteiger partial charge in [-0.25, -0.2) is 4.79 Å². The molecule has 2 aliphatic rings. The molecule has 0 bridgehead atoms. The van der Waals surface area contributed by atoms with Crippen LogP contribution >= 0.6 is 24.0 Å². The van der Waals surface area contributed by atoms with Gasteiger partial charge in [0.25, 0.3) is 0 Å². The van der Waals surface area contributed by atoms with Crippen molar-refractivity contribution in [2.75, 3.05) is 6.61 Å². The zero-order valence-electron chi connectivity index (χ0n) is 25.8. The maximum atomic E-state index is 14.1. The van der Waals surface area contributed by atoms with Gasteiger partial charge >= 0.3 is 11.9 Å². The molecule has 0 spiro atoms. The van der Waals surface area contributed by atoms with E-state index >= 15 is 0 Å². The van der Waals surface area contributed by atoms with Crippen molar-refractivity contribution in [3.63, 3.8) is 0 Å². The third-order valence-electron chi connectivity index (χ3n) is 8.22. The molecular formula is C36H38N2O6S2. The van der Waals surface area contributed by atoms with E-state index < -0.39 is 41.6 Å². The summed E-state index contributed by atoms with van der Waals surface area (Å²) in [4.78, 5) is 42.5. The molecule has 240 valence electrons. The van der Waals surface area contributed by atoms with E-state index in [1.165, 1.54) is 16.7 Å². The molecule has 0 radical (unpaired) electrons. The van der Waals surface area contributed by atoms with E-state index in [0.29, 0.717) is 23.4 Å². The minimum atomic E-state index is -1.10. The first-order chi connectivity index (χ1) is 22.3. The summed E-state index contributed by atoms with van der Waals surface area (Å²) in [5.41, 5.74) is 3.04. The zero-order valence-corrected chi connectivity index (χ0v) is 27.4. The van der Waals surface area contributed by atoms with Crippen molar-refractivity contribution in [2.45, 2.75) is 62.8 Å². The van der Waals surface area contributed by atoms with Gasteiger partial charge in [0, 0.05) is 12.0 Å². The van der Waals surface area contributed by atoms with E-state index in [1.807, 2.05) is 97.9 Å². The summed E-state index contributed by atoms with van der Waals surface area (Å²) in [7, 11) is 0. The SMILES string of the molecule is CCC(O)C(C)CC(=O)OCC1=CS[C@@H]2C(NC(=S)Cc3ccccc3)C(=O)N2C1C(=O)OC(c1ccccc1)c1ccccc1. The number of aliphatic hydroxyl groups is 1. The van der Waals surface area contributed by atoms with Crippen LogP contribution in [0.25, 0.3) is 0 Å². The fraction of sp³-hybridized carbons (Fsp3) is 0.333. The molecule has 0 saturated carbocycles. The quantitative estimate of drug-likeness (QED) is 0.143. The van der Waals surface area contributed by atoms with Gasteiger partial charge in [-0.2, -0.15) is 0 Å². The molecule has 2 heterocycles. The Morgan fingerprint density at radius 1 is 0.978 bits per heavy atom. The van der Waals surface area contributed by atoms with Gasteiger partial charge in [-0.15, -0.1) is 11.8 Å². The Morgan fingerprint density at radius 2 is 1.57 bits per heavy atom. The van der Waals surface area contributed by atoms with Gasteiger partial charge < -0.3 is 24.8 Å². The lowest BCUT2D eigenvalue weighted by atomic mass is 9.97. The number of carbonyl (C=O) groups excluding carboxylic acids is 3. The molecule has 10 heteroatoms. The number of nitrogens with one attached hydrogen (secondary N) is 1. The molecule has 1 amide bonds. The Morgan fingerprint density at radius 3 is 2.15 bits per heavy atom. The number of ether oxygens (including phenoxy) is 2. The van der Waals surface area contributed by atoms with E-state index in [2.05, 4.69) is 5.32 Å². The molecule has 0 aromatic heterocycles. The van der Waals surface area contributed by atoms with Gasteiger partial charge in [0.15, 0.2) is 12.1 Å². The lowest BCUT2D eigenvalue weighted by molar-refractivity contribution is -0.165. The minimum absolute atomic E-state index is 0.0325. The lowest BCUT2D eigenvalue weighted by Crippen LogP contribution is -2.74. The molecule has 5 atom stereocenters. The molecule has 46 heavy (non-hydrogen) atoms. The molecule has 0 aliphatic carbocycles. The van der Waals surface area contributed by atoms with Crippen LogP contribution in [0.3, 0.4) is 0 Å². The number of hydrogen-bond acceptors (Lipinski definition) is 8. The smallest absolute Gasteiger partial charge is 0.334 e. The first-order valence-electron chi connectivity index (χ1n) is 15.4.